The van der Waals surface area contributed by atoms with E-state index < -0.39 is 12.3 Å². The Morgan fingerprint density at radius 1 is 1.06 bits per heavy atom. The number of alkyl halides is 2. The molecule has 1 aromatic rings. The lowest BCUT2D eigenvalue weighted by molar-refractivity contribution is -0.130. The fraction of sp³-hybridized carbons (Fsp3) is 0.692. The monoisotopic (exact) mass is 444 g/mol. The molecule has 0 amide bonds. The van der Waals surface area contributed by atoms with Gasteiger partial charge < -0.3 is 5.73 Å². The molecule has 2 N–H and O–H groups in total. The second-order valence-electron chi connectivity index (χ2n) is 11.0. The molecule has 0 saturated heterocycles. The standard InChI is InChI=1S/C26H34F2N2S/c27-23(28)22-19-10-25(21-4-2-1-3-5-21)11-20(22)13-26(12-19,16-25)24(31)30-15-18-8-6-17(14-29)7-9-18/h1-5,15,17-20,22-23H,6-14,16,29H2. The average Bonchev–Trinajstić information content (AvgIpc) is 2.77. The molecular formula is C26H34F2N2S. The maximum absolute atomic E-state index is 14.0. The van der Waals surface area contributed by atoms with Gasteiger partial charge in [0.2, 0.25) is 6.43 Å². The van der Waals surface area contributed by atoms with Crippen molar-refractivity contribution in [3.8, 4) is 0 Å². The molecule has 5 aliphatic rings. The van der Waals surface area contributed by atoms with E-state index in [0.717, 1.165) is 56.5 Å². The maximum Gasteiger partial charge on any atom is 0.241 e. The topological polar surface area (TPSA) is 38.4 Å². The number of benzene rings is 1. The minimum Gasteiger partial charge on any atom is -0.330 e. The van der Waals surface area contributed by atoms with Gasteiger partial charge in [-0.15, -0.1) is 0 Å². The van der Waals surface area contributed by atoms with Crippen LogP contribution in [0, 0.1) is 35.0 Å². The van der Waals surface area contributed by atoms with Crippen LogP contribution in [0.4, 0.5) is 8.78 Å². The molecule has 2 nitrogen and oxygen atoms in total. The van der Waals surface area contributed by atoms with Crippen molar-refractivity contribution >= 4 is 23.4 Å². The molecule has 5 fully saturated rings. The van der Waals surface area contributed by atoms with Gasteiger partial charge >= 0.3 is 0 Å². The van der Waals surface area contributed by atoms with Crippen molar-refractivity contribution in [2.24, 2.45) is 45.7 Å². The van der Waals surface area contributed by atoms with Gasteiger partial charge in [0.15, 0.2) is 0 Å². The Kier molecular flexibility index (Phi) is 5.79. The third kappa shape index (κ3) is 3.80. The highest BCUT2D eigenvalue weighted by Crippen LogP contribution is 2.68. The Hall–Kier alpha value is -1.20. The molecular weight excluding hydrogens is 410 g/mol. The summed E-state index contributed by atoms with van der Waals surface area (Å²) < 4.78 is 28.0. The van der Waals surface area contributed by atoms with Crippen LogP contribution in [0.5, 0.6) is 0 Å². The lowest BCUT2D eigenvalue weighted by Crippen LogP contribution is -2.60. The summed E-state index contributed by atoms with van der Waals surface area (Å²) in [6.07, 6.45) is 8.78. The summed E-state index contributed by atoms with van der Waals surface area (Å²) in [5, 5.41) is 0. The van der Waals surface area contributed by atoms with Crippen LogP contribution in [0.1, 0.15) is 63.4 Å². The predicted molar refractivity (Wildman–Crippen MR) is 126 cm³/mol. The van der Waals surface area contributed by atoms with E-state index in [0.29, 0.717) is 11.8 Å². The lowest BCUT2D eigenvalue weighted by Gasteiger charge is -2.64. The Balaban J connectivity index is 1.39. The predicted octanol–water partition coefficient (Wildman–Crippen LogP) is 6.18. The number of rotatable bonds is 5. The molecule has 31 heavy (non-hydrogen) atoms. The first kappa shape index (κ1) is 21.6. The van der Waals surface area contributed by atoms with Gasteiger partial charge in [-0.1, -0.05) is 42.5 Å². The second-order valence-corrected chi connectivity index (χ2v) is 11.3. The molecule has 1 aromatic carbocycles. The van der Waals surface area contributed by atoms with E-state index in [2.05, 4.69) is 30.5 Å². The summed E-state index contributed by atoms with van der Waals surface area (Å²) in [7, 11) is 0. The third-order valence-electron chi connectivity index (χ3n) is 9.14. The zero-order valence-corrected chi connectivity index (χ0v) is 19.0. The molecule has 0 aromatic heterocycles. The fourth-order valence-electron chi connectivity index (χ4n) is 7.86. The largest absolute Gasteiger partial charge is 0.330 e. The van der Waals surface area contributed by atoms with Gasteiger partial charge in [-0.05, 0) is 99.0 Å². The molecule has 5 heteroatoms. The zero-order valence-electron chi connectivity index (χ0n) is 18.2. The Labute approximate surface area is 190 Å². The molecule has 2 atom stereocenters. The smallest absolute Gasteiger partial charge is 0.241 e. The van der Waals surface area contributed by atoms with Crippen LogP contribution in [-0.4, -0.2) is 24.2 Å². The van der Waals surface area contributed by atoms with Crippen LogP contribution >= 0.6 is 12.2 Å². The molecule has 0 spiro atoms. The van der Waals surface area contributed by atoms with E-state index in [-0.39, 0.29) is 22.7 Å². The van der Waals surface area contributed by atoms with Crippen LogP contribution in [0.2, 0.25) is 0 Å². The summed E-state index contributed by atoms with van der Waals surface area (Å²) in [4.78, 5) is 5.66. The van der Waals surface area contributed by atoms with Gasteiger partial charge in [-0.3, -0.25) is 4.99 Å². The number of nitrogens with two attached hydrogens (primary N) is 1. The van der Waals surface area contributed by atoms with Gasteiger partial charge in [0.1, 0.15) is 4.99 Å². The van der Waals surface area contributed by atoms with Crippen molar-refractivity contribution in [3.05, 3.63) is 35.9 Å². The number of hydrogen-bond acceptors (Lipinski definition) is 2. The number of hydrogen-bond donors (Lipinski definition) is 1. The van der Waals surface area contributed by atoms with Gasteiger partial charge in [-0.25, -0.2) is 8.78 Å². The van der Waals surface area contributed by atoms with Crippen molar-refractivity contribution in [3.63, 3.8) is 0 Å². The van der Waals surface area contributed by atoms with Crippen LogP contribution in [0.3, 0.4) is 0 Å². The van der Waals surface area contributed by atoms with E-state index in [1.165, 1.54) is 18.4 Å². The van der Waals surface area contributed by atoms with Crippen LogP contribution in [0.15, 0.2) is 35.3 Å². The Morgan fingerprint density at radius 2 is 1.71 bits per heavy atom. The number of halogens is 2. The summed E-state index contributed by atoms with van der Waals surface area (Å²) in [6, 6.07) is 10.6. The molecule has 2 unspecified atom stereocenters. The van der Waals surface area contributed by atoms with E-state index in [1.54, 1.807) is 0 Å². The minimum absolute atomic E-state index is 0.0166. The van der Waals surface area contributed by atoms with Crippen molar-refractivity contribution in [1.29, 1.82) is 0 Å². The van der Waals surface area contributed by atoms with Gasteiger partial charge in [0.25, 0.3) is 0 Å². The maximum atomic E-state index is 14.0. The Morgan fingerprint density at radius 3 is 2.29 bits per heavy atom. The highest BCUT2D eigenvalue weighted by Gasteiger charge is 2.64. The molecule has 5 aliphatic carbocycles. The number of nitrogens with zero attached hydrogens (tertiary/aromatic N) is 1. The number of thiocarbonyl (C=S) groups is 1. The molecule has 5 saturated carbocycles. The summed E-state index contributed by atoms with van der Waals surface area (Å²) in [5.41, 5.74) is 6.93. The van der Waals surface area contributed by atoms with Crippen molar-refractivity contribution < 1.29 is 8.78 Å². The van der Waals surface area contributed by atoms with Crippen LogP contribution in [-0.2, 0) is 5.41 Å². The molecule has 0 aliphatic heterocycles. The zero-order chi connectivity index (χ0) is 21.6. The normalized spacial score (nSPS) is 41.9. The third-order valence-corrected chi connectivity index (χ3v) is 9.67. The summed E-state index contributed by atoms with van der Waals surface area (Å²) in [6.45, 7) is 0.779. The van der Waals surface area contributed by atoms with Crippen molar-refractivity contribution in [2.75, 3.05) is 6.54 Å². The molecule has 0 heterocycles. The SMILES string of the molecule is NCC1CCC(C=NC(=S)C23CC4CC(c5ccccc5)(CC(C2)C4C(F)F)C3)CC1. The van der Waals surface area contributed by atoms with Crippen LogP contribution in [0.25, 0.3) is 0 Å². The minimum atomic E-state index is -2.23. The highest BCUT2D eigenvalue weighted by atomic mass is 32.1. The van der Waals surface area contributed by atoms with E-state index in [9.17, 15) is 8.78 Å². The average molecular weight is 445 g/mol. The summed E-state index contributed by atoms with van der Waals surface area (Å²) in [5.74, 6) is 0.760. The summed E-state index contributed by atoms with van der Waals surface area (Å²) >= 11 is 5.96. The molecule has 4 bridgehead atoms. The van der Waals surface area contributed by atoms with Crippen molar-refractivity contribution in [1.82, 2.24) is 0 Å². The molecule has 0 radical (unpaired) electrons. The van der Waals surface area contributed by atoms with E-state index >= 15 is 0 Å². The Bertz CT molecular complexity index is 815. The quantitative estimate of drug-likeness (QED) is 0.435. The van der Waals surface area contributed by atoms with Gasteiger partial charge in [-0.2, -0.15) is 0 Å². The first-order valence-electron chi connectivity index (χ1n) is 12.1. The van der Waals surface area contributed by atoms with Gasteiger partial charge in [0.05, 0.1) is 0 Å². The highest BCUT2D eigenvalue weighted by molar-refractivity contribution is 7.80. The second kappa shape index (κ2) is 8.30. The molecule has 6 rings (SSSR count). The fourth-order valence-corrected chi connectivity index (χ4v) is 8.16. The van der Waals surface area contributed by atoms with E-state index in [1.807, 2.05) is 6.07 Å². The first-order valence-corrected chi connectivity index (χ1v) is 12.5. The van der Waals surface area contributed by atoms with Crippen molar-refractivity contribution in [2.45, 2.75) is 69.6 Å². The van der Waals surface area contributed by atoms with Gasteiger partial charge in [0, 0.05) is 17.5 Å². The first-order chi connectivity index (χ1) is 14.9. The molecule has 168 valence electrons. The van der Waals surface area contributed by atoms with E-state index in [4.69, 9.17) is 22.9 Å². The van der Waals surface area contributed by atoms with Crippen LogP contribution < -0.4 is 5.73 Å². The lowest BCUT2D eigenvalue weighted by atomic mass is 9.40. The number of aliphatic imine (C=N–C) groups is 1.